The van der Waals surface area contributed by atoms with Crippen LogP contribution in [0.3, 0.4) is 0 Å². The summed E-state index contributed by atoms with van der Waals surface area (Å²) in [5.74, 6) is -0.596. The molecule has 2 aromatic carbocycles. The first-order valence-corrected chi connectivity index (χ1v) is 8.83. The van der Waals surface area contributed by atoms with Crippen molar-refractivity contribution in [2.45, 2.75) is 20.8 Å². The number of amides is 3. The van der Waals surface area contributed by atoms with Crippen molar-refractivity contribution in [1.82, 2.24) is 5.32 Å². The third-order valence-corrected chi connectivity index (χ3v) is 4.43. The molecule has 3 amide bonds. The van der Waals surface area contributed by atoms with E-state index in [1.807, 2.05) is 19.9 Å². The molecule has 154 valence electrons. The lowest BCUT2D eigenvalue weighted by Gasteiger charge is -2.13. The van der Waals surface area contributed by atoms with Crippen LogP contribution >= 0.6 is 0 Å². The Morgan fingerprint density at radius 1 is 0.931 bits per heavy atom. The van der Waals surface area contributed by atoms with Gasteiger partial charge in [-0.3, -0.25) is 10.1 Å². The molecule has 0 bridgehead atoms. The number of rotatable bonds is 6. The standard InChI is InChI=1S/C21H24N2O6/c1-12-7-6-8-16(13(12)2)22-21(26)23-19(24)11-29-20(25)15-9-17(27-4)14(3)18(10-15)28-5/h6-10H,11H2,1-5H3,(H2,22,23,24,26). The lowest BCUT2D eigenvalue weighted by atomic mass is 10.1. The first kappa shape index (κ1) is 21.7. The fraction of sp³-hybridized carbons (Fsp3) is 0.286. The summed E-state index contributed by atoms with van der Waals surface area (Å²) in [6.07, 6.45) is 0. The molecule has 8 nitrogen and oxygen atoms in total. The van der Waals surface area contributed by atoms with Crippen LogP contribution in [0.25, 0.3) is 0 Å². The van der Waals surface area contributed by atoms with Gasteiger partial charge in [0.2, 0.25) is 0 Å². The minimum absolute atomic E-state index is 0.164. The molecule has 0 aromatic heterocycles. The Hall–Kier alpha value is -3.55. The molecule has 0 fully saturated rings. The number of urea groups is 1. The second kappa shape index (κ2) is 9.59. The smallest absolute Gasteiger partial charge is 0.338 e. The van der Waals surface area contributed by atoms with E-state index in [9.17, 15) is 14.4 Å². The molecular formula is C21H24N2O6. The van der Waals surface area contributed by atoms with Crippen molar-refractivity contribution in [3.8, 4) is 11.5 Å². The summed E-state index contributed by atoms with van der Waals surface area (Å²) < 4.78 is 15.4. The maximum Gasteiger partial charge on any atom is 0.338 e. The molecule has 0 aliphatic rings. The van der Waals surface area contributed by atoms with E-state index in [1.165, 1.54) is 26.4 Å². The number of methoxy groups -OCH3 is 2. The highest BCUT2D eigenvalue weighted by Crippen LogP contribution is 2.29. The third-order valence-electron chi connectivity index (χ3n) is 4.43. The maximum atomic E-state index is 12.2. The van der Waals surface area contributed by atoms with Crippen molar-refractivity contribution in [1.29, 1.82) is 0 Å². The Bertz CT molecular complexity index is 914. The second-order valence-electron chi connectivity index (χ2n) is 6.33. The summed E-state index contributed by atoms with van der Waals surface area (Å²) in [5.41, 5.74) is 3.38. The predicted molar refractivity (Wildman–Crippen MR) is 108 cm³/mol. The molecule has 0 atom stereocenters. The van der Waals surface area contributed by atoms with Crippen LogP contribution in [-0.2, 0) is 9.53 Å². The van der Waals surface area contributed by atoms with Crippen LogP contribution in [0.15, 0.2) is 30.3 Å². The lowest BCUT2D eigenvalue weighted by Crippen LogP contribution is -2.37. The van der Waals surface area contributed by atoms with Gasteiger partial charge in [-0.25, -0.2) is 9.59 Å². The van der Waals surface area contributed by atoms with Crippen LogP contribution in [-0.4, -0.2) is 38.7 Å². The number of aryl methyl sites for hydroxylation is 1. The molecule has 2 aromatic rings. The molecule has 0 saturated heterocycles. The van der Waals surface area contributed by atoms with Crippen molar-refractivity contribution in [2.75, 3.05) is 26.1 Å². The molecule has 0 aliphatic carbocycles. The quantitative estimate of drug-likeness (QED) is 0.722. The zero-order valence-corrected chi connectivity index (χ0v) is 17.0. The van der Waals surface area contributed by atoms with Gasteiger partial charge in [0.1, 0.15) is 11.5 Å². The highest BCUT2D eigenvalue weighted by atomic mass is 16.5. The van der Waals surface area contributed by atoms with E-state index in [1.54, 1.807) is 19.1 Å². The summed E-state index contributed by atoms with van der Waals surface area (Å²) in [7, 11) is 2.94. The Balaban J connectivity index is 1.94. The Morgan fingerprint density at radius 3 is 2.14 bits per heavy atom. The van der Waals surface area contributed by atoms with Crippen molar-refractivity contribution in [3.63, 3.8) is 0 Å². The minimum Gasteiger partial charge on any atom is -0.496 e. The van der Waals surface area contributed by atoms with Gasteiger partial charge in [-0.2, -0.15) is 0 Å². The number of hydrogen-bond donors (Lipinski definition) is 2. The highest BCUT2D eigenvalue weighted by Gasteiger charge is 2.17. The van der Waals surface area contributed by atoms with Crippen LogP contribution in [0.1, 0.15) is 27.0 Å². The van der Waals surface area contributed by atoms with Crippen LogP contribution in [0.4, 0.5) is 10.5 Å². The van der Waals surface area contributed by atoms with Gasteiger partial charge < -0.3 is 19.5 Å². The fourth-order valence-electron chi connectivity index (χ4n) is 2.62. The Labute approximate surface area is 169 Å². The van der Waals surface area contributed by atoms with E-state index in [-0.39, 0.29) is 5.56 Å². The van der Waals surface area contributed by atoms with Crippen molar-refractivity contribution in [3.05, 3.63) is 52.6 Å². The van der Waals surface area contributed by atoms with Gasteiger partial charge in [0.05, 0.1) is 19.8 Å². The second-order valence-corrected chi connectivity index (χ2v) is 6.33. The number of ether oxygens (including phenoxy) is 3. The Morgan fingerprint density at radius 2 is 1.55 bits per heavy atom. The van der Waals surface area contributed by atoms with Gasteiger partial charge in [-0.1, -0.05) is 12.1 Å². The summed E-state index contributed by atoms with van der Waals surface area (Å²) >= 11 is 0. The number of carbonyl (C=O) groups is 3. The molecule has 0 saturated carbocycles. The van der Waals surface area contributed by atoms with Crippen LogP contribution in [0.2, 0.25) is 0 Å². The topological polar surface area (TPSA) is 103 Å². The van der Waals surface area contributed by atoms with Crippen molar-refractivity contribution >= 4 is 23.6 Å². The van der Waals surface area contributed by atoms with E-state index < -0.39 is 24.5 Å². The molecule has 2 rings (SSSR count). The summed E-state index contributed by atoms with van der Waals surface area (Å²) in [6, 6.07) is 7.71. The molecule has 8 heteroatoms. The van der Waals surface area contributed by atoms with Gasteiger partial charge in [-0.05, 0) is 50.1 Å². The number of hydrogen-bond acceptors (Lipinski definition) is 6. The monoisotopic (exact) mass is 400 g/mol. The fourth-order valence-corrected chi connectivity index (χ4v) is 2.62. The number of nitrogens with one attached hydrogen (secondary N) is 2. The van der Waals surface area contributed by atoms with Crippen LogP contribution in [0.5, 0.6) is 11.5 Å². The summed E-state index contributed by atoms with van der Waals surface area (Å²) in [5, 5.41) is 4.71. The highest BCUT2D eigenvalue weighted by molar-refractivity contribution is 6.02. The normalized spacial score (nSPS) is 10.1. The van der Waals surface area contributed by atoms with Gasteiger partial charge in [-0.15, -0.1) is 0 Å². The van der Waals surface area contributed by atoms with Gasteiger partial charge in [0.25, 0.3) is 5.91 Å². The average molecular weight is 400 g/mol. The van der Waals surface area contributed by atoms with E-state index >= 15 is 0 Å². The predicted octanol–water partition coefficient (Wildman–Crippen LogP) is 3.13. The average Bonchev–Trinajstić information content (AvgIpc) is 2.69. The molecule has 0 spiro atoms. The zero-order chi connectivity index (χ0) is 21.6. The van der Waals surface area contributed by atoms with Crippen LogP contribution in [0, 0.1) is 20.8 Å². The molecule has 0 unspecified atom stereocenters. The number of benzene rings is 2. The van der Waals surface area contributed by atoms with E-state index in [0.29, 0.717) is 17.2 Å². The summed E-state index contributed by atoms with van der Waals surface area (Å²) in [4.78, 5) is 36.2. The number of esters is 1. The van der Waals surface area contributed by atoms with Crippen molar-refractivity contribution in [2.24, 2.45) is 0 Å². The van der Waals surface area contributed by atoms with Crippen molar-refractivity contribution < 1.29 is 28.6 Å². The van der Waals surface area contributed by atoms with Gasteiger partial charge in [0.15, 0.2) is 6.61 Å². The first-order chi connectivity index (χ1) is 13.8. The number of carbonyl (C=O) groups excluding carboxylic acids is 3. The zero-order valence-electron chi connectivity index (χ0n) is 17.0. The third kappa shape index (κ3) is 5.47. The van der Waals surface area contributed by atoms with E-state index in [2.05, 4.69) is 10.6 Å². The molecular weight excluding hydrogens is 376 g/mol. The number of imide groups is 1. The number of anilines is 1. The molecule has 0 radical (unpaired) electrons. The van der Waals surface area contributed by atoms with E-state index in [0.717, 1.165) is 16.7 Å². The largest absolute Gasteiger partial charge is 0.496 e. The SMILES string of the molecule is COc1cc(C(=O)OCC(=O)NC(=O)Nc2cccc(C)c2C)cc(OC)c1C. The Kier molecular flexibility index (Phi) is 7.19. The first-order valence-electron chi connectivity index (χ1n) is 8.83. The molecule has 0 aliphatic heterocycles. The lowest BCUT2D eigenvalue weighted by molar-refractivity contribution is -0.123. The summed E-state index contributed by atoms with van der Waals surface area (Å²) in [6.45, 7) is 4.95. The molecule has 0 heterocycles. The molecule has 2 N–H and O–H groups in total. The van der Waals surface area contributed by atoms with E-state index in [4.69, 9.17) is 14.2 Å². The molecule has 29 heavy (non-hydrogen) atoms. The maximum absolute atomic E-state index is 12.2. The van der Waals surface area contributed by atoms with Crippen LogP contribution < -0.4 is 20.1 Å². The van der Waals surface area contributed by atoms with Gasteiger partial charge >= 0.3 is 12.0 Å². The van der Waals surface area contributed by atoms with Gasteiger partial charge in [0, 0.05) is 11.3 Å². The minimum atomic E-state index is -0.757.